The zero-order valence-corrected chi connectivity index (χ0v) is 13.5. The zero-order valence-electron chi connectivity index (χ0n) is 12.7. The number of hydrogen-bond donors (Lipinski definition) is 1. The molecular weight excluding hydrogens is 286 g/mol. The molecule has 0 aromatic carbocycles. The number of carbonyl (C=O) groups excluding carboxylic acids is 1. The molecule has 1 aromatic rings. The van der Waals surface area contributed by atoms with Crippen LogP contribution in [-0.2, 0) is 4.74 Å². The van der Waals surface area contributed by atoms with E-state index in [0.717, 1.165) is 10.7 Å². The van der Waals surface area contributed by atoms with Crippen LogP contribution in [0.4, 0.5) is 4.79 Å². The predicted octanol–water partition coefficient (Wildman–Crippen LogP) is 2.72. The van der Waals surface area contributed by atoms with Crippen LogP contribution in [0.2, 0.25) is 0 Å². The number of morpholine rings is 1. The summed E-state index contributed by atoms with van der Waals surface area (Å²) in [6.07, 6.45) is 3.77. The molecule has 0 bridgehead atoms. The highest BCUT2D eigenvalue weighted by Crippen LogP contribution is 2.30. The highest BCUT2D eigenvalue weighted by molar-refractivity contribution is 7.09. The molecular formula is C15H23N3O2S. The second-order valence-corrected chi connectivity index (χ2v) is 6.93. The van der Waals surface area contributed by atoms with E-state index in [1.807, 2.05) is 17.2 Å². The van der Waals surface area contributed by atoms with Crippen molar-refractivity contribution < 1.29 is 9.53 Å². The van der Waals surface area contributed by atoms with Gasteiger partial charge in [-0.2, -0.15) is 0 Å². The topological polar surface area (TPSA) is 54.5 Å². The van der Waals surface area contributed by atoms with Crippen LogP contribution in [-0.4, -0.2) is 41.7 Å². The Morgan fingerprint density at radius 2 is 2.38 bits per heavy atom. The number of thiazole rings is 1. The van der Waals surface area contributed by atoms with E-state index < -0.39 is 0 Å². The van der Waals surface area contributed by atoms with Crippen LogP contribution in [0.3, 0.4) is 0 Å². The van der Waals surface area contributed by atoms with Gasteiger partial charge in [-0.25, -0.2) is 9.78 Å². The second kappa shape index (κ2) is 6.32. The van der Waals surface area contributed by atoms with E-state index in [9.17, 15) is 4.79 Å². The number of ether oxygens (including phenoxy) is 1. The third kappa shape index (κ3) is 3.21. The first-order chi connectivity index (χ1) is 10.1. The summed E-state index contributed by atoms with van der Waals surface area (Å²) in [5.41, 5.74) is 1.00. The molecule has 1 aliphatic carbocycles. The van der Waals surface area contributed by atoms with Crippen molar-refractivity contribution in [2.24, 2.45) is 5.92 Å². The number of rotatable bonds is 3. The fraction of sp³-hybridized carbons (Fsp3) is 0.733. The summed E-state index contributed by atoms with van der Waals surface area (Å²) in [6.45, 7) is 5.87. The molecule has 116 valence electrons. The minimum atomic E-state index is -0.0500. The van der Waals surface area contributed by atoms with E-state index >= 15 is 0 Å². The van der Waals surface area contributed by atoms with Crippen molar-refractivity contribution in [2.75, 3.05) is 19.8 Å². The van der Waals surface area contributed by atoms with Gasteiger partial charge in [0.1, 0.15) is 11.0 Å². The van der Waals surface area contributed by atoms with Crippen LogP contribution < -0.4 is 5.32 Å². The summed E-state index contributed by atoms with van der Waals surface area (Å²) in [5.74, 6) is 0.649. The summed E-state index contributed by atoms with van der Waals surface area (Å²) >= 11 is 1.61. The molecule has 1 saturated carbocycles. The molecule has 1 N–H and O–H groups in total. The van der Waals surface area contributed by atoms with Gasteiger partial charge in [-0.1, -0.05) is 6.42 Å². The van der Waals surface area contributed by atoms with E-state index in [0.29, 0.717) is 25.7 Å². The molecule has 5 nitrogen and oxygen atoms in total. The van der Waals surface area contributed by atoms with Crippen LogP contribution in [0.1, 0.15) is 42.9 Å². The largest absolute Gasteiger partial charge is 0.377 e. The minimum absolute atomic E-state index is 0.0237. The van der Waals surface area contributed by atoms with Gasteiger partial charge >= 0.3 is 6.03 Å². The van der Waals surface area contributed by atoms with Crippen LogP contribution in [0.15, 0.2) is 5.38 Å². The Kier molecular flexibility index (Phi) is 4.45. The molecule has 2 amide bonds. The van der Waals surface area contributed by atoms with Gasteiger partial charge in [0.25, 0.3) is 0 Å². The lowest BCUT2D eigenvalue weighted by atomic mass is 9.80. The average molecular weight is 309 g/mol. The number of aromatic nitrogens is 1. The van der Waals surface area contributed by atoms with Crippen LogP contribution >= 0.6 is 11.3 Å². The fourth-order valence-corrected chi connectivity index (χ4v) is 3.80. The first-order valence-electron chi connectivity index (χ1n) is 7.72. The van der Waals surface area contributed by atoms with Crippen molar-refractivity contribution in [1.82, 2.24) is 15.2 Å². The lowest BCUT2D eigenvalue weighted by Gasteiger charge is -2.37. The Hall–Kier alpha value is -1.14. The SMILES string of the molecule is Cc1csc([C@@H]2COCCN2C(=O)N[C@H](C)C2CCC2)n1. The Balaban J connectivity index is 1.66. The molecule has 2 aliphatic rings. The standard InChI is InChI=1S/C15H23N3O2S/c1-10-9-21-14(16-10)13-8-20-7-6-18(13)15(19)17-11(2)12-4-3-5-12/h9,11-13H,3-8H2,1-2H3,(H,17,19)/t11-,13+/m1/s1. The minimum Gasteiger partial charge on any atom is -0.377 e. The molecule has 21 heavy (non-hydrogen) atoms. The van der Waals surface area contributed by atoms with Crippen molar-refractivity contribution >= 4 is 17.4 Å². The van der Waals surface area contributed by atoms with E-state index in [4.69, 9.17) is 4.74 Å². The summed E-state index contributed by atoms with van der Waals surface area (Å²) in [4.78, 5) is 19.0. The molecule has 2 fully saturated rings. The van der Waals surface area contributed by atoms with Crippen molar-refractivity contribution in [3.05, 3.63) is 16.1 Å². The van der Waals surface area contributed by atoms with E-state index in [1.54, 1.807) is 11.3 Å². The molecule has 6 heteroatoms. The maximum atomic E-state index is 12.6. The highest BCUT2D eigenvalue weighted by atomic mass is 32.1. The lowest BCUT2D eigenvalue weighted by molar-refractivity contribution is 0.0102. The fourth-order valence-electron chi connectivity index (χ4n) is 2.91. The van der Waals surface area contributed by atoms with Crippen molar-refractivity contribution in [3.63, 3.8) is 0 Å². The van der Waals surface area contributed by atoms with Gasteiger partial charge in [-0.15, -0.1) is 11.3 Å². The smallest absolute Gasteiger partial charge is 0.318 e. The summed E-state index contributed by atoms with van der Waals surface area (Å²) in [5, 5.41) is 6.16. The van der Waals surface area contributed by atoms with Crippen molar-refractivity contribution in [3.8, 4) is 0 Å². The molecule has 2 atom stereocenters. The molecule has 0 unspecified atom stereocenters. The zero-order chi connectivity index (χ0) is 14.8. The number of nitrogens with zero attached hydrogens (tertiary/aromatic N) is 2. The molecule has 2 heterocycles. The van der Waals surface area contributed by atoms with Gasteiger partial charge in [0.05, 0.1) is 13.2 Å². The maximum absolute atomic E-state index is 12.6. The van der Waals surface area contributed by atoms with E-state index in [1.165, 1.54) is 19.3 Å². The number of carbonyl (C=O) groups is 1. The van der Waals surface area contributed by atoms with Crippen LogP contribution in [0, 0.1) is 12.8 Å². The molecule has 0 spiro atoms. The average Bonchev–Trinajstić information content (AvgIpc) is 2.83. The predicted molar refractivity (Wildman–Crippen MR) is 82.5 cm³/mol. The van der Waals surface area contributed by atoms with E-state index in [2.05, 4.69) is 17.2 Å². The third-order valence-electron chi connectivity index (χ3n) is 4.52. The van der Waals surface area contributed by atoms with Crippen molar-refractivity contribution in [1.29, 1.82) is 0 Å². The molecule has 1 aromatic heterocycles. The van der Waals surface area contributed by atoms with Gasteiger partial charge in [0, 0.05) is 23.7 Å². The van der Waals surface area contributed by atoms with Gasteiger partial charge < -0.3 is 15.0 Å². The Morgan fingerprint density at radius 1 is 1.57 bits per heavy atom. The number of urea groups is 1. The number of aryl methyl sites for hydroxylation is 1. The second-order valence-electron chi connectivity index (χ2n) is 6.04. The third-order valence-corrected chi connectivity index (χ3v) is 5.58. The normalized spacial score (nSPS) is 24.5. The molecule has 3 rings (SSSR count). The van der Waals surface area contributed by atoms with Gasteiger partial charge in [-0.3, -0.25) is 0 Å². The Morgan fingerprint density at radius 3 is 3.00 bits per heavy atom. The highest BCUT2D eigenvalue weighted by Gasteiger charge is 2.33. The Labute approximate surface area is 129 Å². The van der Waals surface area contributed by atoms with Crippen molar-refractivity contribution in [2.45, 2.75) is 45.2 Å². The number of amides is 2. The summed E-state index contributed by atoms with van der Waals surface area (Å²) < 4.78 is 5.56. The monoisotopic (exact) mass is 309 g/mol. The van der Waals surface area contributed by atoms with Gasteiger partial charge in [-0.05, 0) is 32.6 Å². The molecule has 0 radical (unpaired) electrons. The summed E-state index contributed by atoms with van der Waals surface area (Å²) in [7, 11) is 0. The van der Waals surface area contributed by atoms with Crippen LogP contribution in [0.25, 0.3) is 0 Å². The molecule has 1 saturated heterocycles. The van der Waals surface area contributed by atoms with E-state index in [-0.39, 0.29) is 18.1 Å². The van der Waals surface area contributed by atoms with Gasteiger partial charge in [0.15, 0.2) is 0 Å². The van der Waals surface area contributed by atoms with Crippen LogP contribution in [0.5, 0.6) is 0 Å². The summed E-state index contributed by atoms with van der Waals surface area (Å²) in [6, 6.07) is 0.231. The number of nitrogens with one attached hydrogen (secondary N) is 1. The first kappa shape index (κ1) is 14.8. The first-order valence-corrected chi connectivity index (χ1v) is 8.60. The van der Waals surface area contributed by atoms with Gasteiger partial charge in [0.2, 0.25) is 0 Å². The Bertz CT molecular complexity index is 501. The maximum Gasteiger partial charge on any atom is 0.318 e. The number of hydrogen-bond acceptors (Lipinski definition) is 4. The quantitative estimate of drug-likeness (QED) is 0.934. The lowest BCUT2D eigenvalue weighted by Crippen LogP contribution is -2.52. The molecule has 1 aliphatic heterocycles.